The van der Waals surface area contributed by atoms with Gasteiger partial charge in [0.15, 0.2) is 0 Å². The van der Waals surface area contributed by atoms with Gasteiger partial charge in [-0.25, -0.2) is 9.36 Å². The predicted molar refractivity (Wildman–Crippen MR) is 35.2 cm³/mol. The van der Waals surface area contributed by atoms with Crippen LogP contribution in [-0.2, 0) is 4.57 Å². The minimum atomic E-state index is -4.64. The Morgan fingerprint density at radius 2 is 1.20 bits per heavy atom. The fraction of sp³-hybridized carbons (Fsp3) is 0. The first-order valence-electron chi connectivity index (χ1n) is 1.56. The van der Waals surface area contributed by atoms with Crippen molar-refractivity contribution in [1.82, 2.24) is 0 Å². The van der Waals surface area contributed by atoms with E-state index in [-0.39, 0.29) is 51.4 Å². The maximum atomic E-state index is 9.00. The maximum absolute atomic E-state index is 9.00. The van der Waals surface area contributed by atoms with E-state index in [0.717, 1.165) is 0 Å². The van der Waals surface area contributed by atoms with Crippen LogP contribution in [0.3, 0.4) is 0 Å². The second-order valence-electron chi connectivity index (χ2n) is 0.916. The molecule has 0 aliphatic heterocycles. The molecule has 7 nitrogen and oxygen atoms in total. The van der Waals surface area contributed by atoms with Crippen LogP contribution in [0.1, 0.15) is 0 Å². The van der Waals surface area contributed by atoms with E-state index in [1.165, 1.54) is 0 Å². The van der Waals surface area contributed by atoms with E-state index >= 15 is 0 Å². The van der Waals surface area contributed by atoms with Gasteiger partial charge in [-0.15, -0.1) is 0 Å². The zero-order valence-corrected chi connectivity index (χ0v) is 5.15. The average molecular weight is 198 g/mol. The predicted octanol–water partition coefficient (Wildman–Crippen LogP) is -2.55. The van der Waals surface area contributed by atoms with Gasteiger partial charge in [0.25, 0.3) is 0 Å². The standard InChI is InChI=1S/CH4N2O.K.H3O4P.H/c2-1(3)4;;1-5(2,3)4;/h(H4,2,3,4);;(H3,1,2,3,4);. The molecule has 10 heavy (non-hydrogen) atoms. The number of carbonyl (C=O) groups is 1. The minimum absolute atomic E-state index is 0. The van der Waals surface area contributed by atoms with Crippen molar-refractivity contribution in [2.45, 2.75) is 0 Å². The molecule has 9 heteroatoms. The van der Waals surface area contributed by atoms with Crippen LogP contribution in [-0.4, -0.2) is 72.1 Å². The van der Waals surface area contributed by atoms with Crippen LogP contribution >= 0.6 is 7.82 Å². The summed E-state index contributed by atoms with van der Waals surface area (Å²) in [6.45, 7) is 0. The van der Waals surface area contributed by atoms with E-state index in [9.17, 15) is 0 Å². The molecule has 0 spiro atoms. The summed E-state index contributed by atoms with van der Waals surface area (Å²) in [6, 6.07) is -0.833. The molecular weight excluding hydrogens is 190 g/mol. The average Bonchev–Trinajstić information content (AvgIpc) is 1.19. The molecule has 7 N–H and O–H groups in total. The van der Waals surface area contributed by atoms with E-state index in [2.05, 4.69) is 11.5 Å². The Labute approximate surface area is 99.4 Å². The number of phosphoric acid groups is 1. The van der Waals surface area contributed by atoms with Crippen LogP contribution in [0.2, 0.25) is 0 Å². The van der Waals surface area contributed by atoms with Crippen molar-refractivity contribution >= 4 is 65.2 Å². The quantitative estimate of drug-likeness (QED) is 0.214. The molecule has 0 unspecified atom stereocenters. The Morgan fingerprint density at radius 3 is 1.20 bits per heavy atom. The van der Waals surface area contributed by atoms with Gasteiger partial charge >= 0.3 is 65.2 Å². The Kier molecular flexibility index (Phi) is 14.0. The fourth-order valence-electron chi connectivity index (χ4n) is 0. The van der Waals surface area contributed by atoms with E-state index < -0.39 is 13.9 Å². The number of hydrogen-bond donors (Lipinski definition) is 5. The van der Waals surface area contributed by atoms with Crippen molar-refractivity contribution in [3.8, 4) is 0 Å². The molecule has 58 valence electrons. The molecule has 0 saturated carbocycles. The van der Waals surface area contributed by atoms with Crippen LogP contribution in [0.25, 0.3) is 0 Å². The number of carbonyl (C=O) groups excluding carboxylic acids is 1. The normalized spacial score (nSPS) is 8.30. The number of nitrogens with two attached hydrogens (primary N) is 2. The van der Waals surface area contributed by atoms with Gasteiger partial charge in [0.1, 0.15) is 0 Å². The SMILES string of the molecule is NC(N)=O.O=P(O)(O)O.[KH]. The third-order valence-corrected chi connectivity index (χ3v) is 0. The second kappa shape index (κ2) is 8.12. The summed E-state index contributed by atoms with van der Waals surface area (Å²) in [6.07, 6.45) is 0. The molecule has 0 bridgehead atoms. The number of urea groups is 1. The molecule has 0 aromatic carbocycles. The second-order valence-corrected chi connectivity index (χ2v) is 1.94. The molecule has 0 aromatic rings. The number of rotatable bonds is 0. The van der Waals surface area contributed by atoms with E-state index in [1.807, 2.05) is 0 Å². The van der Waals surface area contributed by atoms with Gasteiger partial charge in [-0.05, 0) is 0 Å². The van der Waals surface area contributed by atoms with Crippen molar-refractivity contribution in [1.29, 1.82) is 0 Å². The van der Waals surface area contributed by atoms with Crippen LogP contribution in [0.15, 0.2) is 0 Å². The summed E-state index contributed by atoms with van der Waals surface area (Å²) in [5.41, 5.74) is 8.50. The van der Waals surface area contributed by atoms with Crippen molar-refractivity contribution in [2.75, 3.05) is 0 Å². The van der Waals surface area contributed by atoms with Gasteiger partial charge in [0, 0.05) is 0 Å². The van der Waals surface area contributed by atoms with Crippen molar-refractivity contribution < 1.29 is 24.0 Å². The molecule has 0 rings (SSSR count). The van der Waals surface area contributed by atoms with Crippen LogP contribution in [0.5, 0.6) is 0 Å². The van der Waals surface area contributed by atoms with E-state index in [0.29, 0.717) is 0 Å². The molecule has 0 saturated heterocycles. The van der Waals surface area contributed by atoms with Crippen LogP contribution in [0, 0.1) is 0 Å². The summed E-state index contributed by atoms with van der Waals surface area (Å²) >= 11 is 0. The number of primary amides is 2. The van der Waals surface area contributed by atoms with Crippen molar-refractivity contribution in [3.63, 3.8) is 0 Å². The molecule has 0 atom stereocenters. The monoisotopic (exact) mass is 198 g/mol. The molecule has 0 heterocycles. The Balaban J connectivity index is -0.0000000910. The number of amides is 2. The summed E-state index contributed by atoms with van der Waals surface area (Å²) in [5, 5.41) is 0. The summed E-state index contributed by atoms with van der Waals surface area (Å²) in [7, 11) is -4.64. The number of hydrogen-bond acceptors (Lipinski definition) is 2. The van der Waals surface area contributed by atoms with Crippen LogP contribution < -0.4 is 11.5 Å². The third kappa shape index (κ3) is 561. The van der Waals surface area contributed by atoms with Gasteiger partial charge in [0.05, 0.1) is 0 Å². The van der Waals surface area contributed by atoms with Crippen molar-refractivity contribution in [2.24, 2.45) is 11.5 Å². The topological polar surface area (TPSA) is 147 Å². The Hall–Kier alpha value is 1.02. The molecule has 0 aliphatic carbocycles. The van der Waals surface area contributed by atoms with E-state index in [4.69, 9.17) is 24.0 Å². The van der Waals surface area contributed by atoms with Gasteiger partial charge in [0.2, 0.25) is 0 Å². The molecule has 0 radical (unpaired) electrons. The van der Waals surface area contributed by atoms with Gasteiger partial charge in [-0.3, -0.25) is 0 Å². The molecule has 0 aromatic heterocycles. The van der Waals surface area contributed by atoms with E-state index in [1.54, 1.807) is 0 Å². The first kappa shape index (κ1) is 17.2. The van der Waals surface area contributed by atoms with Gasteiger partial charge < -0.3 is 26.1 Å². The zero-order chi connectivity index (χ0) is 8.08. The first-order valence-corrected chi connectivity index (χ1v) is 3.13. The third-order valence-electron chi connectivity index (χ3n) is 0. The van der Waals surface area contributed by atoms with Gasteiger partial charge in [-0.2, -0.15) is 0 Å². The molecule has 0 aliphatic rings. The summed E-state index contributed by atoms with van der Waals surface area (Å²) in [5.74, 6) is 0. The van der Waals surface area contributed by atoms with Crippen molar-refractivity contribution in [3.05, 3.63) is 0 Å². The molecular formula is CH8KN2O5P. The van der Waals surface area contributed by atoms with Gasteiger partial charge in [-0.1, -0.05) is 0 Å². The molecule has 0 fully saturated rings. The zero-order valence-electron chi connectivity index (χ0n) is 4.26. The summed E-state index contributed by atoms with van der Waals surface area (Å²) in [4.78, 5) is 30.6. The Morgan fingerprint density at radius 1 is 1.20 bits per heavy atom. The summed E-state index contributed by atoms with van der Waals surface area (Å²) < 4.78 is 8.88. The van der Waals surface area contributed by atoms with Crippen LogP contribution in [0.4, 0.5) is 4.79 Å². The first-order chi connectivity index (χ1) is 3.73. The fourth-order valence-corrected chi connectivity index (χ4v) is 0. The molecule has 2 amide bonds. The Bertz CT molecular complexity index is 119.